The summed E-state index contributed by atoms with van der Waals surface area (Å²) in [7, 11) is 0. The third kappa shape index (κ3) is 3.97. The van der Waals surface area contributed by atoms with E-state index in [1.165, 1.54) is 22.0 Å². The van der Waals surface area contributed by atoms with E-state index in [9.17, 15) is 4.79 Å². The minimum Gasteiger partial charge on any atom is -0.335 e. The number of aromatic nitrogens is 4. The molecule has 0 spiro atoms. The van der Waals surface area contributed by atoms with Crippen LogP contribution in [-0.4, -0.2) is 31.5 Å². The first kappa shape index (κ1) is 17.0. The van der Waals surface area contributed by atoms with Crippen molar-refractivity contribution in [2.24, 2.45) is 0 Å². The lowest BCUT2D eigenvalue weighted by Crippen LogP contribution is -2.16. The summed E-state index contributed by atoms with van der Waals surface area (Å²) < 4.78 is 1.37. The Kier molecular flexibility index (Phi) is 4.99. The third-order valence-electron chi connectivity index (χ3n) is 3.71. The first-order valence-corrected chi connectivity index (χ1v) is 8.64. The topological polar surface area (TPSA) is 98.7 Å². The van der Waals surface area contributed by atoms with Gasteiger partial charge in [0.15, 0.2) is 5.82 Å². The molecule has 0 atom stereocenters. The van der Waals surface area contributed by atoms with E-state index in [-0.39, 0.29) is 11.7 Å². The van der Waals surface area contributed by atoms with Gasteiger partial charge >= 0.3 is 0 Å². The van der Waals surface area contributed by atoms with Gasteiger partial charge in [-0.1, -0.05) is 17.8 Å². The number of carbonyl (C=O) groups is 1. The Balaban J connectivity index is 1.63. The number of aryl methyl sites for hydroxylation is 2. The molecule has 3 aromatic rings. The first-order valence-electron chi connectivity index (χ1n) is 7.65. The average molecular weight is 354 g/mol. The zero-order chi connectivity index (χ0) is 17.8. The fraction of sp³-hybridized carbons (Fsp3) is 0.176. The lowest BCUT2D eigenvalue weighted by molar-refractivity contribution is -0.113. The molecule has 0 radical (unpaired) electrons. The molecule has 0 bridgehead atoms. The van der Waals surface area contributed by atoms with Crippen molar-refractivity contribution in [1.29, 1.82) is 0 Å². The van der Waals surface area contributed by atoms with Gasteiger partial charge < -0.3 is 11.2 Å². The van der Waals surface area contributed by atoms with Crippen LogP contribution in [0.3, 0.4) is 0 Å². The van der Waals surface area contributed by atoms with E-state index < -0.39 is 0 Å². The van der Waals surface area contributed by atoms with Crippen LogP contribution in [0.15, 0.2) is 47.9 Å². The molecule has 1 amide bonds. The highest BCUT2D eigenvalue weighted by atomic mass is 32.2. The molecule has 3 rings (SSSR count). The monoisotopic (exact) mass is 354 g/mol. The number of nitrogens with one attached hydrogen (secondary N) is 1. The Labute approximate surface area is 149 Å². The summed E-state index contributed by atoms with van der Waals surface area (Å²) in [5.74, 6) is 6.59. The van der Waals surface area contributed by atoms with E-state index in [0.717, 1.165) is 16.8 Å². The normalized spacial score (nSPS) is 10.6. The van der Waals surface area contributed by atoms with Crippen molar-refractivity contribution in [3.63, 3.8) is 0 Å². The SMILES string of the molecule is Cc1ccc(NC(=O)CSc2nnc(-c3cccnc3)n2N)cc1C. The second kappa shape index (κ2) is 7.35. The van der Waals surface area contributed by atoms with Crippen LogP contribution < -0.4 is 11.2 Å². The van der Waals surface area contributed by atoms with Crippen molar-refractivity contribution < 1.29 is 4.79 Å². The molecular formula is C17H18N6OS. The molecular weight excluding hydrogens is 336 g/mol. The zero-order valence-corrected chi connectivity index (χ0v) is 14.7. The molecule has 128 valence electrons. The summed E-state index contributed by atoms with van der Waals surface area (Å²) >= 11 is 1.23. The molecule has 3 N–H and O–H groups in total. The number of anilines is 1. The highest BCUT2D eigenvalue weighted by molar-refractivity contribution is 7.99. The zero-order valence-electron chi connectivity index (χ0n) is 13.9. The smallest absolute Gasteiger partial charge is 0.234 e. The molecule has 7 nitrogen and oxygen atoms in total. The van der Waals surface area contributed by atoms with Crippen molar-refractivity contribution in [3.8, 4) is 11.4 Å². The Bertz CT molecular complexity index is 893. The quantitative estimate of drug-likeness (QED) is 0.539. The Hall–Kier alpha value is -2.87. The summed E-state index contributed by atoms with van der Waals surface area (Å²) in [6.07, 6.45) is 3.34. The van der Waals surface area contributed by atoms with Crippen LogP contribution in [0.2, 0.25) is 0 Å². The molecule has 0 aliphatic rings. The highest BCUT2D eigenvalue weighted by Gasteiger charge is 2.14. The summed E-state index contributed by atoms with van der Waals surface area (Å²) in [6, 6.07) is 9.46. The molecule has 0 saturated heterocycles. The molecule has 25 heavy (non-hydrogen) atoms. The van der Waals surface area contributed by atoms with Crippen molar-refractivity contribution in [2.45, 2.75) is 19.0 Å². The Morgan fingerprint density at radius 2 is 2.08 bits per heavy atom. The minimum absolute atomic E-state index is 0.126. The number of nitrogens with zero attached hydrogens (tertiary/aromatic N) is 4. The van der Waals surface area contributed by atoms with Crippen molar-refractivity contribution in [3.05, 3.63) is 53.9 Å². The van der Waals surface area contributed by atoms with Gasteiger partial charge in [-0.05, 0) is 49.2 Å². The van der Waals surface area contributed by atoms with Gasteiger partial charge in [-0.2, -0.15) is 0 Å². The van der Waals surface area contributed by atoms with E-state index in [2.05, 4.69) is 20.5 Å². The van der Waals surface area contributed by atoms with E-state index in [1.807, 2.05) is 38.1 Å². The van der Waals surface area contributed by atoms with Crippen LogP contribution in [0.1, 0.15) is 11.1 Å². The van der Waals surface area contributed by atoms with Crippen molar-refractivity contribution >= 4 is 23.4 Å². The Morgan fingerprint density at radius 1 is 1.24 bits per heavy atom. The lowest BCUT2D eigenvalue weighted by Gasteiger charge is -2.07. The molecule has 1 aromatic carbocycles. The molecule has 0 aliphatic carbocycles. The summed E-state index contributed by atoms with van der Waals surface area (Å²) in [4.78, 5) is 16.2. The largest absolute Gasteiger partial charge is 0.335 e. The van der Waals surface area contributed by atoms with Gasteiger partial charge in [-0.15, -0.1) is 10.2 Å². The predicted octanol–water partition coefficient (Wildman–Crippen LogP) is 2.40. The number of rotatable bonds is 5. The molecule has 0 fully saturated rings. The van der Waals surface area contributed by atoms with Gasteiger partial charge in [0, 0.05) is 23.6 Å². The lowest BCUT2D eigenvalue weighted by atomic mass is 10.1. The maximum atomic E-state index is 12.1. The number of nitrogens with two attached hydrogens (primary N) is 1. The molecule has 0 saturated carbocycles. The maximum Gasteiger partial charge on any atom is 0.234 e. The summed E-state index contributed by atoms with van der Waals surface area (Å²) in [5.41, 5.74) is 3.86. The minimum atomic E-state index is -0.126. The fourth-order valence-corrected chi connectivity index (χ4v) is 2.87. The van der Waals surface area contributed by atoms with E-state index in [0.29, 0.717) is 11.0 Å². The molecule has 0 unspecified atom stereocenters. The van der Waals surface area contributed by atoms with Gasteiger partial charge in [0.05, 0.1) is 5.75 Å². The number of benzene rings is 1. The molecule has 0 aliphatic heterocycles. The summed E-state index contributed by atoms with van der Waals surface area (Å²) in [5, 5.41) is 11.4. The highest BCUT2D eigenvalue weighted by Crippen LogP contribution is 2.21. The molecule has 2 aromatic heterocycles. The Morgan fingerprint density at radius 3 is 2.80 bits per heavy atom. The predicted molar refractivity (Wildman–Crippen MR) is 98.7 cm³/mol. The maximum absolute atomic E-state index is 12.1. The van der Waals surface area contributed by atoms with Crippen LogP contribution in [0.5, 0.6) is 0 Å². The van der Waals surface area contributed by atoms with E-state index in [4.69, 9.17) is 5.84 Å². The van der Waals surface area contributed by atoms with Gasteiger partial charge in [0.2, 0.25) is 11.1 Å². The van der Waals surface area contributed by atoms with Gasteiger partial charge in [0.1, 0.15) is 0 Å². The van der Waals surface area contributed by atoms with Gasteiger partial charge in [-0.25, -0.2) is 4.68 Å². The fourth-order valence-electron chi connectivity index (χ4n) is 2.21. The van der Waals surface area contributed by atoms with Crippen LogP contribution in [0, 0.1) is 13.8 Å². The van der Waals surface area contributed by atoms with Crippen LogP contribution in [0.4, 0.5) is 5.69 Å². The average Bonchev–Trinajstić information content (AvgIpc) is 2.98. The molecule has 8 heteroatoms. The number of carbonyl (C=O) groups excluding carboxylic acids is 1. The van der Waals surface area contributed by atoms with Gasteiger partial charge in [-0.3, -0.25) is 9.78 Å². The van der Waals surface area contributed by atoms with Crippen LogP contribution >= 0.6 is 11.8 Å². The van der Waals surface area contributed by atoms with Crippen molar-refractivity contribution in [1.82, 2.24) is 19.9 Å². The number of hydrogen-bond acceptors (Lipinski definition) is 6. The van der Waals surface area contributed by atoms with Gasteiger partial charge in [0.25, 0.3) is 0 Å². The summed E-state index contributed by atoms with van der Waals surface area (Å²) in [6.45, 7) is 4.04. The standard InChI is InChI=1S/C17H18N6OS/c1-11-5-6-14(8-12(11)2)20-15(24)10-25-17-22-21-16(23(17)18)13-4-3-7-19-9-13/h3-9H,10,18H2,1-2H3,(H,20,24). The second-order valence-corrected chi connectivity index (χ2v) is 6.50. The number of nitrogen functional groups attached to an aromatic ring is 1. The first-order chi connectivity index (χ1) is 12.0. The van der Waals surface area contributed by atoms with Crippen LogP contribution in [-0.2, 0) is 4.79 Å². The molecule has 2 heterocycles. The van der Waals surface area contributed by atoms with E-state index in [1.54, 1.807) is 18.5 Å². The number of thioether (sulfide) groups is 1. The second-order valence-electron chi connectivity index (χ2n) is 5.55. The number of hydrogen-bond donors (Lipinski definition) is 2. The third-order valence-corrected chi connectivity index (χ3v) is 4.65. The number of amides is 1. The number of pyridine rings is 1. The van der Waals surface area contributed by atoms with Crippen LogP contribution in [0.25, 0.3) is 11.4 Å². The van der Waals surface area contributed by atoms with E-state index >= 15 is 0 Å². The van der Waals surface area contributed by atoms with Crippen molar-refractivity contribution in [2.75, 3.05) is 16.9 Å².